The lowest BCUT2D eigenvalue weighted by Crippen LogP contribution is -2.36. The van der Waals surface area contributed by atoms with Crippen LogP contribution in [0.4, 0.5) is 5.69 Å². The van der Waals surface area contributed by atoms with Crippen molar-refractivity contribution in [3.8, 4) is 0 Å². The number of aliphatic carboxylic acids is 1. The van der Waals surface area contributed by atoms with Gasteiger partial charge in [-0.1, -0.05) is 18.2 Å². The molecule has 2 amide bonds. The van der Waals surface area contributed by atoms with Crippen molar-refractivity contribution >= 4 is 35.4 Å². The molecular formula is C23H24N4O4. The Morgan fingerprint density at radius 3 is 2.19 bits per heavy atom. The Kier molecular flexibility index (Phi) is 7.85. The molecule has 0 aliphatic rings. The first kappa shape index (κ1) is 23.1. The average molecular weight is 420 g/mol. The summed E-state index contributed by atoms with van der Waals surface area (Å²) >= 11 is 0. The van der Waals surface area contributed by atoms with E-state index in [4.69, 9.17) is 16.2 Å². The van der Waals surface area contributed by atoms with Gasteiger partial charge in [0.05, 0.1) is 0 Å². The highest BCUT2D eigenvalue weighted by atomic mass is 16.4. The van der Waals surface area contributed by atoms with E-state index in [9.17, 15) is 14.4 Å². The Labute approximate surface area is 180 Å². The summed E-state index contributed by atoms with van der Waals surface area (Å²) in [7, 11) is 0. The number of hydrogen-bond acceptors (Lipinski definition) is 4. The normalized spacial score (nSPS) is 10.8. The van der Waals surface area contributed by atoms with Crippen molar-refractivity contribution in [2.24, 2.45) is 5.73 Å². The number of amidine groups is 1. The number of carbonyl (C=O) groups is 3. The van der Waals surface area contributed by atoms with Gasteiger partial charge in [-0.25, -0.2) is 0 Å². The molecule has 0 radical (unpaired) electrons. The van der Waals surface area contributed by atoms with Crippen LogP contribution in [0.2, 0.25) is 0 Å². The van der Waals surface area contributed by atoms with Crippen LogP contribution in [0.25, 0.3) is 6.08 Å². The zero-order chi connectivity index (χ0) is 23.0. The first-order valence-electron chi connectivity index (χ1n) is 9.37. The fourth-order valence-corrected chi connectivity index (χ4v) is 2.77. The summed E-state index contributed by atoms with van der Waals surface area (Å²) in [5, 5.41) is 19.1. The van der Waals surface area contributed by atoms with Gasteiger partial charge < -0.3 is 21.1 Å². The van der Waals surface area contributed by atoms with Gasteiger partial charge in [0.25, 0.3) is 5.91 Å². The van der Waals surface area contributed by atoms with Gasteiger partial charge in [0, 0.05) is 28.9 Å². The molecule has 160 valence electrons. The second-order valence-corrected chi connectivity index (χ2v) is 6.76. The van der Waals surface area contributed by atoms with Gasteiger partial charge in [-0.2, -0.15) is 0 Å². The van der Waals surface area contributed by atoms with Gasteiger partial charge >= 0.3 is 5.97 Å². The predicted octanol–water partition coefficient (Wildman–Crippen LogP) is 2.73. The number of hydrogen-bond donors (Lipinski definition) is 4. The molecule has 5 N–H and O–H groups in total. The van der Waals surface area contributed by atoms with E-state index >= 15 is 0 Å². The van der Waals surface area contributed by atoms with Crippen LogP contribution < -0.4 is 11.1 Å². The lowest BCUT2D eigenvalue weighted by atomic mass is 10.1. The van der Waals surface area contributed by atoms with Gasteiger partial charge in [0.15, 0.2) is 0 Å². The van der Waals surface area contributed by atoms with Crippen LogP contribution in [0.5, 0.6) is 0 Å². The lowest BCUT2D eigenvalue weighted by molar-refractivity contribution is -0.142. The van der Waals surface area contributed by atoms with Crippen molar-refractivity contribution in [3.05, 3.63) is 83.4 Å². The number of nitrogens with zero attached hydrogens (tertiary/aromatic N) is 1. The van der Waals surface area contributed by atoms with Crippen LogP contribution in [0.3, 0.4) is 0 Å². The smallest absolute Gasteiger partial charge is 0.323 e. The third-order valence-corrected chi connectivity index (χ3v) is 4.31. The predicted molar refractivity (Wildman–Crippen MR) is 120 cm³/mol. The Balaban J connectivity index is 2.08. The Morgan fingerprint density at radius 2 is 1.68 bits per heavy atom. The van der Waals surface area contributed by atoms with Crippen molar-refractivity contribution in [2.75, 3.05) is 18.4 Å². The first-order chi connectivity index (χ1) is 14.7. The van der Waals surface area contributed by atoms with Crippen LogP contribution in [0.15, 0.2) is 66.8 Å². The monoisotopic (exact) mass is 420 g/mol. The minimum Gasteiger partial charge on any atom is -0.480 e. The number of rotatable bonds is 9. The quantitative estimate of drug-likeness (QED) is 0.214. The van der Waals surface area contributed by atoms with Crippen molar-refractivity contribution in [1.82, 2.24) is 4.90 Å². The molecule has 2 rings (SSSR count). The highest BCUT2D eigenvalue weighted by Gasteiger charge is 2.17. The number of benzene rings is 2. The summed E-state index contributed by atoms with van der Waals surface area (Å²) < 4.78 is 0. The summed E-state index contributed by atoms with van der Waals surface area (Å²) in [6, 6.07) is 13.2. The molecule has 0 saturated heterocycles. The largest absolute Gasteiger partial charge is 0.480 e. The second kappa shape index (κ2) is 10.5. The summed E-state index contributed by atoms with van der Waals surface area (Å²) in [5.41, 5.74) is 8.04. The van der Waals surface area contributed by atoms with E-state index in [0.29, 0.717) is 28.0 Å². The maximum Gasteiger partial charge on any atom is 0.323 e. The Bertz CT molecular complexity index is 1020. The maximum absolute atomic E-state index is 12.5. The van der Waals surface area contributed by atoms with E-state index in [1.807, 2.05) is 0 Å². The van der Waals surface area contributed by atoms with Gasteiger partial charge in [0.1, 0.15) is 12.4 Å². The number of amides is 2. The lowest BCUT2D eigenvalue weighted by Gasteiger charge is -2.19. The minimum absolute atomic E-state index is 0.0501. The zero-order valence-corrected chi connectivity index (χ0v) is 17.1. The minimum atomic E-state index is -1.10. The fourth-order valence-electron chi connectivity index (χ4n) is 2.77. The third kappa shape index (κ3) is 6.67. The molecule has 31 heavy (non-hydrogen) atoms. The van der Waals surface area contributed by atoms with Crippen molar-refractivity contribution < 1.29 is 19.5 Å². The summed E-state index contributed by atoms with van der Waals surface area (Å²) in [4.78, 5) is 37.0. The number of carbonyl (C=O) groups excluding carboxylic acids is 2. The molecule has 0 aliphatic heterocycles. The molecule has 0 aliphatic carbocycles. The first-order valence-corrected chi connectivity index (χ1v) is 9.37. The molecule has 0 unspecified atom stereocenters. The standard InChI is InChI=1S/C23H24N4O4/c1-3-12-27(14-20(28)29)23(31)15(2)13-16-4-6-18(7-5-16)22(30)26-19-10-8-17(9-11-19)21(24)25/h3-11,13H,1,12,14H2,2H3,(H3,24,25)(H,26,30)(H,28,29). The van der Waals surface area contributed by atoms with Crippen molar-refractivity contribution in [2.45, 2.75) is 6.92 Å². The maximum atomic E-state index is 12.5. The van der Waals surface area contributed by atoms with E-state index in [1.54, 1.807) is 61.5 Å². The van der Waals surface area contributed by atoms with E-state index in [1.165, 1.54) is 11.0 Å². The van der Waals surface area contributed by atoms with Crippen molar-refractivity contribution in [1.29, 1.82) is 5.41 Å². The topological polar surface area (TPSA) is 137 Å². The third-order valence-electron chi connectivity index (χ3n) is 4.31. The van der Waals surface area contributed by atoms with E-state index in [0.717, 1.165) is 0 Å². The molecule has 0 saturated carbocycles. The second-order valence-electron chi connectivity index (χ2n) is 6.76. The van der Waals surface area contributed by atoms with Crippen LogP contribution in [0, 0.1) is 5.41 Å². The van der Waals surface area contributed by atoms with E-state index in [-0.39, 0.29) is 18.3 Å². The molecular weight excluding hydrogens is 396 g/mol. The van der Waals surface area contributed by atoms with Crippen LogP contribution in [0.1, 0.15) is 28.4 Å². The molecule has 0 atom stereocenters. The zero-order valence-electron chi connectivity index (χ0n) is 17.1. The number of carboxylic acid groups (broad SMARTS) is 1. The number of nitrogen functional groups attached to an aromatic ring is 1. The molecule has 2 aromatic carbocycles. The number of carboxylic acids is 1. The van der Waals surface area contributed by atoms with Gasteiger partial charge in [-0.05, 0) is 55.0 Å². The molecule has 0 aromatic heterocycles. The molecule has 0 heterocycles. The molecule has 8 nitrogen and oxygen atoms in total. The van der Waals surface area contributed by atoms with Crippen LogP contribution >= 0.6 is 0 Å². The van der Waals surface area contributed by atoms with E-state index < -0.39 is 18.4 Å². The SMILES string of the molecule is C=CCN(CC(=O)O)C(=O)C(C)=Cc1ccc(C(=O)Nc2ccc(C(=N)N)cc2)cc1. The molecule has 0 spiro atoms. The highest BCUT2D eigenvalue weighted by molar-refractivity contribution is 6.05. The molecule has 0 fully saturated rings. The van der Waals surface area contributed by atoms with Gasteiger partial charge in [0.2, 0.25) is 5.91 Å². The average Bonchev–Trinajstić information content (AvgIpc) is 2.73. The Morgan fingerprint density at radius 1 is 1.10 bits per heavy atom. The molecule has 8 heteroatoms. The van der Waals surface area contributed by atoms with E-state index in [2.05, 4.69) is 11.9 Å². The van der Waals surface area contributed by atoms with Crippen LogP contribution in [-0.2, 0) is 9.59 Å². The number of nitrogens with two attached hydrogens (primary N) is 1. The molecule has 2 aromatic rings. The Hall–Kier alpha value is -4.20. The summed E-state index contributed by atoms with van der Waals surface area (Å²) in [5.74, 6) is -1.86. The van der Waals surface area contributed by atoms with Crippen molar-refractivity contribution in [3.63, 3.8) is 0 Å². The highest BCUT2D eigenvalue weighted by Crippen LogP contribution is 2.14. The fraction of sp³-hybridized carbons (Fsp3) is 0.130. The van der Waals surface area contributed by atoms with Gasteiger partial charge in [-0.15, -0.1) is 6.58 Å². The van der Waals surface area contributed by atoms with Gasteiger partial charge in [-0.3, -0.25) is 19.8 Å². The van der Waals surface area contributed by atoms with Crippen LogP contribution in [-0.4, -0.2) is 46.7 Å². The number of anilines is 1. The summed E-state index contributed by atoms with van der Waals surface area (Å²) in [6.07, 6.45) is 3.09. The molecule has 0 bridgehead atoms. The number of nitrogens with one attached hydrogen (secondary N) is 2. The summed E-state index contributed by atoms with van der Waals surface area (Å²) in [6.45, 7) is 4.86.